The summed E-state index contributed by atoms with van der Waals surface area (Å²) in [6.45, 7) is 2.62. The molecule has 4 rings (SSSR count). The first kappa shape index (κ1) is 14.9. The molecule has 0 unspecified atom stereocenters. The van der Waals surface area contributed by atoms with E-state index < -0.39 is 0 Å². The van der Waals surface area contributed by atoms with Crippen LogP contribution in [0.25, 0.3) is 5.78 Å². The molecule has 2 heterocycles. The second kappa shape index (κ2) is 6.47. The second-order valence-corrected chi connectivity index (χ2v) is 6.24. The normalized spacial score (nSPS) is 15.0. The van der Waals surface area contributed by atoms with Gasteiger partial charge >= 0.3 is 0 Å². The van der Waals surface area contributed by atoms with Crippen LogP contribution in [0, 0.1) is 6.92 Å². The zero-order valence-corrected chi connectivity index (χ0v) is 13.8. The number of para-hydroxylation sites is 1. The van der Waals surface area contributed by atoms with Crippen molar-refractivity contribution in [2.75, 3.05) is 5.32 Å². The van der Waals surface area contributed by atoms with E-state index in [9.17, 15) is 0 Å². The van der Waals surface area contributed by atoms with Crippen molar-refractivity contribution in [2.45, 2.75) is 45.3 Å². The number of fused-ring (bicyclic) bond motifs is 1. The SMILES string of the molecule is Cc1cc(NCc2ccccc2OC2CCCC2)n2ncnc2n1. The van der Waals surface area contributed by atoms with Crippen LogP contribution in [0.2, 0.25) is 0 Å². The number of ether oxygens (including phenoxy) is 1. The number of rotatable bonds is 5. The fraction of sp³-hybridized carbons (Fsp3) is 0.389. The van der Waals surface area contributed by atoms with Gasteiger partial charge in [0.2, 0.25) is 0 Å². The lowest BCUT2D eigenvalue weighted by atomic mass is 10.2. The largest absolute Gasteiger partial charge is 0.490 e. The van der Waals surface area contributed by atoms with Gasteiger partial charge in [-0.25, -0.2) is 4.98 Å². The maximum absolute atomic E-state index is 6.20. The van der Waals surface area contributed by atoms with Gasteiger partial charge in [0.05, 0.1) is 6.10 Å². The van der Waals surface area contributed by atoms with Crippen molar-refractivity contribution < 1.29 is 4.74 Å². The molecule has 0 bridgehead atoms. The van der Waals surface area contributed by atoms with E-state index in [2.05, 4.69) is 32.5 Å². The van der Waals surface area contributed by atoms with Gasteiger partial charge in [-0.05, 0) is 38.7 Å². The van der Waals surface area contributed by atoms with Gasteiger partial charge in [-0.2, -0.15) is 14.6 Å². The molecule has 6 nitrogen and oxygen atoms in total. The maximum atomic E-state index is 6.20. The molecule has 0 aliphatic heterocycles. The molecule has 0 radical (unpaired) electrons. The highest BCUT2D eigenvalue weighted by Crippen LogP contribution is 2.27. The van der Waals surface area contributed by atoms with Crippen molar-refractivity contribution in [2.24, 2.45) is 0 Å². The van der Waals surface area contributed by atoms with E-state index in [1.165, 1.54) is 19.2 Å². The zero-order chi connectivity index (χ0) is 16.4. The molecule has 1 N–H and O–H groups in total. The zero-order valence-electron chi connectivity index (χ0n) is 13.8. The lowest BCUT2D eigenvalue weighted by Gasteiger charge is -2.17. The minimum absolute atomic E-state index is 0.358. The molecule has 1 aromatic carbocycles. The first-order valence-electron chi connectivity index (χ1n) is 8.45. The molecule has 0 saturated heterocycles. The molecular weight excluding hydrogens is 302 g/mol. The third-order valence-electron chi connectivity index (χ3n) is 4.41. The Morgan fingerprint density at radius 2 is 2.08 bits per heavy atom. The fourth-order valence-corrected chi connectivity index (χ4v) is 3.19. The topological polar surface area (TPSA) is 64.3 Å². The van der Waals surface area contributed by atoms with Gasteiger partial charge in [-0.15, -0.1) is 0 Å². The van der Waals surface area contributed by atoms with Crippen LogP contribution in [0.1, 0.15) is 36.9 Å². The molecule has 3 aromatic rings. The average molecular weight is 323 g/mol. The summed E-state index contributed by atoms with van der Waals surface area (Å²) >= 11 is 0. The van der Waals surface area contributed by atoms with Crippen molar-refractivity contribution in [3.8, 4) is 5.75 Å². The number of nitrogens with zero attached hydrogens (tertiary/aromatic N) is 4. The summed E-state index contributed by atoms with van der Waals surface area (Å²) in [5.41, 5.74) is 2.06. The quantitative estimate of drug-likeness (QED) is 0.780. The molecule has 0 spiro atoms. The van der Waals surface area contributed by atoms with Crippen LogP contribution >= 0.6 is 0 Å². The molecule has 1 fully saturated rings. The number of aryl methyl sites for hydroxylation is 1. The summed E-state index contributed by atoms with van der Waals surface area (Å²) in [6, 6.07) is 10.2. The van der Waals surface area contributed by atoms with Gasteiger partial charge in [0.1, 0.15) is 17.9 Å². The predicted octanol–water partition coefficient (Wildman–Crippen LogP) is 3.37. The summed E-state index contributed by atoms with van der Waals surface area (Å²) in [4.78, 5) is 8.52. The van der Waals surface area contributed by atoms with E-state index in [0.717, 1.165) is 35.7 Å². The van der Waals surface area contributed by atoms with Gasteiger partial charge in [0.15, 0.2) is 0 Å². The highest BCUT2D eigenvalue weighted by molar-refractivity contribution is 5.46. The predicted molar refractivity (Wildman–Crippen MR) is 92.2 cm³/mol. The summed E-state index contributed by atoms with van der Waals surface area (Å²) in [7, 11) is 0. The Bertz CT molecular complexity index is 838. The maximum Gasteiger partial charge on any atom is 0.254 e. The van der Waals surface area contributed by atoms with Crippen molar-refractivity contribution >= 4 is 11.6 Å². The average Bonchev–Trinajstić information content (AvgIpc) is 3.25. The minimum atomic E-state index is 0.358. The van der Waals surface area contributed by atoms with Gasteiger partial charge in [-0.3, -0.25) is 0 Å². The van der Waals surface area contributed by atoms with E-state index in [1.807, 2.05) is 25.1 Å². The van der Waals surface area contributed by atoms with Crippen LogP contribution in [-0.2, 0) is 6.54 Å². The number of anilines is 1. The van der Waals surface area contributed by atoms with Crippen molar-refractivity contribution in [1.82, 2.24) is 19.6 Å². The van der Waals surface area contributed by atoms with Crippen molar-refractivity contribution in [1.29, 1.82) is 0 Å². The summed E-state index contributed by atoms with van der Waals surface area (Å²) < 4.78 is 7.92. The van der Waals surface area contributed by atoms with Crippen molar-refractivity contribution in [3.63, 3.8) is 0 Å². The lowest BCUT2D eigenvalue weighted by molar-refractivity contribution is 0.208. The molecule has 1 aliphatic carbocycles. The number of hydrogen-bond donors (Lipinski definition) is 1. The number of benzene rings is 1. The Morgan fingerprint density at radius 3 is 2.96 bits per heavy atom. The Hall–Kier alpha value is -2.63. The van der Waals surface area contributed by atoms with E-state index in [1.54, 1.807) is 4.52 Å². The second-order valence-electron chi connectivity index (χ2n) is 6.24. The first-order chi connectivity index (χ1) is 11.8. The van der Waals surface area contributed by atoms with E-state index in [4.69, 9.17) is 4.74 Å². The van der Waals surface area contributed by atoms with E-state index in [0.29, 0.717) is 18.4 Å². The Morgan fingerprint density at radius 1 is 1.25 bits per heavy atom. The third-order valence-corrected chi connectivity index (χ3v) is 4.41. The monoisotopic (exact) mass is 323 g/mol. The number of nitrogens with one attached hydrogen (secondary N) is 1. The van der Waals surface area contributed by atoms with E-state index >= 15 is 0 Å². The van der Waals surface area contributed by atoms with Crippen LogP contribution in [0.5, 0.6) is 5.75 Å². The number of aromatic nitrogens is 4. The first-order valence-corrected chi connectivity index (χ1v) is 8.45. The van der Waals surface area contributed by atoms with Crippen molar-refractivity contribution in [3.05, 3.63) is 47.9 Å². The highest BCUT2D eigenvalue weighted by atomic mass is 16.5. The molecule has 124 valence electrons. The van der Waals surface area contributed by atoms with Crippen LogP contribution in [0.4, 0.5) is 5.82 Å². The van der Waals surface area contributed by atoms with Gasteiger partial charge in [-0.1, -0.05) is 18.2 Å². The highest BCUT2D eigenvalue weighted by Gasteiger charge is 2.17. The summed E-state index contributed by atoms with van der Waals surface area (Å²) in [6.07, 6.45) is 6.73. The molecule has 1 aliphatic rings. The van der Waals surface area contributed by atoms with Crippen LogP contribution < -0.4 is 10.1 Å². The van der Waals surface area contributed by atoms with Crippen LogP contribution in [0.3, 0.4) is 0 Å². The molecule has 0 amide bonds. The van der Waals surface area contributed by atoms with Gasteiger partial charge < -0.3 is 10.1 Å². The molecule has 6 heteroatoms. The molecule has 1 saturated carbocycles. The Kier molecular flexibility index (Phi) is 4.02. The van der Waals surface area contributed by atoms with E-state index in [-0.39, 0.29) is 0 Å². The minimum Gasteiger partial charge on any atom is -0.490 e. The fourth-order valence-electron chi connectivity index (χ4n) is 3.19. The third kappa shape index (κ3) is 3.04. The lowest BCUT2D eigenvalue weighted by Crippen LogP contribution is -2.13. The molecular formula is C18H21N5O. The van der Waals surface area contributed by atoms with Crippen LogP contribution in [-0.4, -0.2) is 25.7 Å². The Balaban J connectivity index is 1.54. The van der Waals surface area contributed by atoms with Crippen LogP contribution in [0.15, 0.2) is 36.7 Å². The summed E-state index contributed by atoms with van der Waals surface area (Å²) in [5.74, 6) is 2.45. The summed E-state index contributed by atoms with van der Waals surface area (Å²) in [5, 5.41) is 7.66. The Labute approximate surface area is 140 Å². The molecule has 2 aromatic heterocycles. The van der Waals surface area contributed by atoms with Gasteiger partial charge in [0.25, 0.3) is 5.78 Å². The number of hydrogen-bond acceptors (Lipinski definition) is 5. The van der Waals surface area contributed by atoms with Gasteiger partial charge in [0, 0.05) is 23.9 Å². The standard InChI is InChI=1S/C18H21N5O/c1-13-10-17(23-18(22-13)20-12-21-23)19-11-14-6-2-5-9-16(14)24-15-7-3-4-8-15/h2,5-6,9-10,12,15,19H,3-4,7-8,11H2,1H3. The molecule has 24 heavy (non-hydrogen) atoms. The molecule has 0 atom stereocenters. The smallest absolute Gasteiger partial charge is 0.254 e.